The molecule has 0 bridgehead atoms. The summed E-state index contributed by atoms with van der Waals surface area (Å²) in [5, 5.41) is 10.4. The molecule has 1 aromatic heterocycles. The number of ether oxygens (including phenoxy) is 2. The molecule has 0 fully saturated rings. The minimum absolute atomic E-state index is 0.0520. The van der Waals surface area contributed by atoms with E-state index in [1.807, 2.05) is 30.3 Å². The van der Waals surface area contributed by atoms with Crippen LogP contribution in [0.5, 0.6) is 11.5 Å². The van der Waals surface area contributed by atoms with Gasteiger partial charge in [0.1, 0.15) is 0 Å². The normalized spacial score (nSPS) is 15.8. The quantitative estimate of drug-likeness (QED) is 0.604. The molecule has 7 nitrogen and oxygen atoms in total. The van der Waals surface area contributed by atoms with Crippen molar-refractivity contribution in [2.45, 2.75) is 19.9 Å². The topological polar surface area (TPSA) is 90.1 Å². The van der Waals surface area contributed by atoms with Crippen LogP contribution in [0.4, 0.5) is 0 Å². The summed E-state index contributed by atoms with van der Waals surface area (Å²) in [6.45, 7) is 3.70. The molecule has 0 radical (unpaired) electrons. The predicted octanol–water partition coefficient (Wildman–Crippen LogP) is 2.51. The number of phenols is 1. The summed E-state index contributed by atoms with van der Waals surface area (Å²) >= 11 is 1.20. The van der Waals surface area contributed by atoms with Crippen LogP contribution in [0.25, 0.3) is 6.08 Å². The summed E-state index contributed by atoms with van der Waals surface area (Å²) in [4.78, 5) is 31.3. The third kappa shape index (κ3) is 3.73. The number of fused-ring (bicyclic) bond motifs is 1. The number of rotatable bonds is 5. The number of esters is 1. The zero-order valence-corrected chi connectivity index (χ0v) is 18.7. The minimum atomic E-state index is -0.660. The highest BCUT2D eigenvalue weighted by atomic mass is 32.1. The molecular weight excluding hydrogens is 428 g/mol. The highest BCUT2D eigenvalue weighted by Gasteiger charge is 2.33. The Morgan fingerprint density at radius 3 is 2.66 bits per heavy atom. The Kier molecular flexibility index (Phi) is 5.96. The Labute approximate surface area is 188 Å². The van der Waals surface area contributed by atoms with Crippen molar-refractivity contribution in [1.82, 2.24) is 4.57 Å². The van der Waals surface area contributed by atoms with E-state index in [2.05, 4.69) is 4.99 Å². The smallest absolute Gasteiger partial charge is 0.338 e. The molecule has 3 aromatic rings. The lowest BCUT2D eigenvalue weighted by molar-refractivity contribution is -0.139. The molecule has 0 aliphatic carbocycles. The first-order valence-corrected chi connectivity index (χ1v) is 10.9. The average Bonchev–Trinajstić information content (AvgIpc) is 3.09. The molecule has 0 unspecified atom stereocenters. The molecule has 0 amide bonds. The lowest BCUT2D eigenvalue weighted by Crippen LogP contribution is -2.39. The van der Waals surface area contributed by atoms with Crippen molar-refractivity contribution in [3.05, 3.63) is 90.6 Å². The van der Waals surface area contributed by atoms with E-state index in [0.717, 1.165) is 5.56 Å². The van der Waals surface area contributed by atoms with Crippen LogP contribution in [-0.2, 0) is 9.53 Å². The first kappa shape index (κ1) is 21.6. The van der Waals surface area contributed by atoms with Gasteiger partial charge in [0.2, 0.25) is 0 Å². The summed E-state index contributed by atoms with van der Waals surface area (Å²) in [7, 11) is 1.46. The zero-order chi connectivity index (χ0) is 22.8. The number of allylic oxidation sites excluding steroid dienone is 1. The molecule has 164 valence electrons. The van der Waals surface area contributed by atoms with Crippen LogP contribution < -0.4 is 19.6 Å². The standard InChI is InChI=1S/C24H22N2O5S/c1-4-31-23(29)19-14(2)25-24-26(20(19)15-9-6-5-7-10-15)22(28)18(32-24)13-16-11-8-12-17(30-3)21(16)27/h5-13,20,27H,4H2,1-3H3/b18-13+/t20-/m1/s1. The maximum atomic E-state index is 13.5. The highest BCUT2D eigenvalue weighted by molar-refractivity contribution is 7.07. The lowest BCUT2D eigenvalue weighted by atomic mass is 9.96. The van der Waals surface area contributed by atoms with E-state index >= 15 is 0 Å². The zero-order valence-electron chi connectivity index (χ0n) is 17.9. The molecule has 1 aliphatic rings. The number of benzene rings is 2. The third-order valence-corrected chi connectivity index (χ3v) is 6.15. The largest absolute Gasteiger partial charge is 0.504 e. The van der Waals surface area contributed by atoms with Gasteiger partial charge in [0, 0.05) is 5.56 Å². The van der Waals surface area contributed by atoms with E-state index in [1.54, 1.807) is 38.1 Å². The number of aromatic hydroxyl groups is 1. The van der Waals surface area contributed by atoms with Gasteiger partial charge in [0.25, 0.3) is 5.56 Å². The second-order valence-corrected chi connectivity index (χ2v) is 8.12. The van der Waals surface area contributed by atoms with Crippen LogP contribution >= 0.6 is 11.3 Å². The maximum Gasteiger partial charge on any atom is 0.338 e. The number of aromatic nitrogens is 1. The fourth-order valence-corrected chi connectivity index (χ4v) is 4.74. The van der Waals surface area contributed by atoms with Gasteiger partial charge in [0.15, 0.2) is 16.3 Å². The summed E-state index contributed by atoms with van der Waals surface area (Å²) in [5.74, 6) is -0.236. The summed E-state index contributed by atoms with van der Waals surface area (Å²) in [5.41, 5.74) is 1.77. The van der Waals surface area contributed by atoms with Crippen molar-refractivity contribution >= 4 is 23.4 Å². The number of hydrogen-bond donors (Lipinski definition) is 1. The molecule has 4 rings (SSSR count). The molecule has 1 N–H and O–H groups in total. The SMILES string of the molecule is CCOC(=O)C1=C(C)N=c2s/c(=C/c3cccc(OC)c3O)c(=O)n2[C@@H]1c1ccccc1. The van der Waals surface area contributed by atoms with E-state index in [1.165, 1.54) is 23.0 Å². The Morgan fingerprint density at radius 1 is 1.22 bits per heavy atom. The Morgan fingerprint density at radius 2 is 1.97 bits per heavy atom. The number of nitrogens with zero attached hydrogens (tertiary/aromatic N) is 2. The number of carbonyl (C=O) groups excluding carboxylic acids is 1. The first-order chi connectivity index (χ1) is 15.5. The molecule has 8 heteroatoms. The Bertz CT molecular complexity index is 1390. The maximum absolute atomic E-state index is 13.5. The van der Waals surface area contributed by atoms with Crippen molar-refractivity contribution < 1.29 is 19.4 Å². The van der Waals surface area contributed by atoms with Crippen molar-refractivity contribution in [3.63, 3.8) is 0 Å². The number of hydrogen-bond acceptors (Lipinski definition) is 7. The van der Waals surface area contributed by atoms with Crippen LogP contribution in [0.15, 0.2) is 69.6 Å². The Balaban J connectivity index is 1.96. The number of thiazole rings is 1. The molecule has 2 heterocycles. The molecular formula is C24H22N2O5S. The van der Waals surface area contributed by atoms with Crippen LogP contribution in [-0.4, -0.2) is 29.4 Å². The van der Waals surface area contributed by atoms with Crippen LogP contribution in [0.1, 0.15) is 31.0 Å². The summed E-state index contributed by atoms with van der Waals surface area (Å²) < 4.78 is 12.3. The third-order valence-electron chi connectivity index (χ3n) is 5.17. The van der Waals surface area contributed by atoms with Gasteiger partial charge >= 0.3 is 5.97 Å². The fraction of sp³-hybridized carbons (Fsp3) is 0.208. The van der Waals surface area contributed by atoms with Gasteiger partial charge < -0.3 is 14.6 Å². The van der Waals surface area contributed by atoms with E-state index in [9.17, 15) is 14.7 Å². The van der Waals surface area contributed by atoms with Crippen molar-refractivity contribution in [3.8, 4) is 11.5 Å². The van der Waals surface area contributed by atoms with E-state index in [-0.39, 0.29) is 17.9 Å². The molecule has 0 saturated carbocycles. The van der Waals surface area contributed by atoms with Crippen LogP contribution in [0.3, 0.4) is 0 Å². The molecule has 0 saturated heterocycles. The van der Waals surface area contributed by atoms with Gasteiger partial charge in [-0.1, -0.05) is 53.8 Å². The molecule has 2 aromatic carbocycles. The molecule has 1 atom stereocenters. The van der Waals surface area contributed by atoms with Crippen LogP contribution in [0, 0.1) is 0 Å². The van der Waals surface area contributed by atoms with Crippen molar-refractivity contribution in [2.75, 3.05) is 13.7 Å². The van der Waals surface area contributed by atoms with Gasteiger partial charge in [0.05, 0.1) is 35.6 Å². The number of phenolic OH excluding ortho intramolecular Hbond substituents is 1. The summed E-state index contributed by atoms with van der Waals surface area (Å²) in [6, 6.07) is 13.7. The molecule has 32 heavy (non-hydrogen) atoms. The van der Waals surface area contributed by atoms with E-state index in [0.29, 0.717) is 31.9 Å². The molecule has 1 aliphatic heterocycles. The lowest BCUT2D eigenvalue weighted by Gasteiger charge is -2.24. The predicted molar refractivity (Wildman–Crippen MR) is 121 cm³/mol. The van der Waals surface area contributed by atoms with Crippen LogP contribution in [0.2, 0.25) is 0 Å². The number of methoxy groups -OCH3 is 1. The van der Waals surface area contributed by atoms with Gasteiger partial charge in [-0.2, -0.15) is 0 Å². The van der Waals surface area contributed by atoms with E-state index < -0.39 is 12.0 Å². The van der Waals surface area contributed by atoms with Crippen molar-refractivity contribution in [2.24, 2.45) is 4.99 Å². The van der Waals surface area contributed by atoms with Gasteiger partial charge in [-0.05, 0) is 31.6 Å². The first-order valence-electron chi connectivity index (χ1n) is 10.1. The van der Waals surface area contributed by atoms with Gasteiger partial charge in [-0.15, -0.1) is 0 Å². The Hall–Kier alpha value is -3.65. The fourth-order valence-electron chi connectivity index (χ4n) is 3.70. The average molecular weight is 451 g/mol. The molecule has 0 spiro atoms. The van der Waals surface area contributed by atoms with Gasteiger partial charge in [-0.25, -0.2) is 9.79 Å². The summed E-state index contributed by atoms with van der Waals surface area (Å²) in [6.07, 6.45) is 1.60. The number of para-hydroxylation sites is 1. The second-order valence-electron chi connectivity index (χ2n) is 7.11. The van der Waals surface area contributed by atoms with Crippen molar-refractivity contribution in [1.29, 1.82) is 0 Å². The minimum Gasteiger partial charge on any atom is -0.504 e. The second kappa shape index (κ2) is 8.84. The van der Waals surface area contributed by atoms with Gasteiger partial charge in [-0.3, -0.25) is 9.36 Å². The highest BCUT2D eigenvalue weighted by Crippen LogP contribution is 2.31. The monoisotopic (exact) mass is 450 g/mol. The van der Waals surface area contributed by atoms with E-state index in [4.69, 9.17) is 9.47 Å². The number of carbonyl (C=O) groups is 1.